The summed E-state index contributed by atoms with van der Waals surface area (Å²) in [7, 11) is 0. The van der Waals surface area contributed by atoms with E-state index in [1.807, 2.05) is 0 Å². The lowest BCUT2D eigenvalue weighted by atomic mass is 10.1. The predicted molar refractivity (Wildman–Crippen MR) is 64.9 cm³/mol. The van der Waals surface area contributed by atoms with Crippen LogP contribution in [0.5, 0.6) is 0 Å². The molecule has 2 rings (SSSR count). The molecule has 5 heteroatoms. The van der Waals surface area contributed by atoms with Gasteiger partial charge in [0.25, 0.3) is 0 Å². The number of halogens is 2. The Labute approximate surface area is 105 Å². The van der Waals surface area contributed by atoms with Crippen LogP contribution < -0.4 is 0 Å². The van der Waals surface area contributed by atoms with Crippen molar-refractivity contribution in [2.75, 3.05) is 0 Å². The summed E-state index contributed by atoms with van der Waals surface area (Å²) in [6.07, 6.45) is 1.60. The highest BCUT2D eigenvalue weighted by molar-refractivity contribution is 9.10. The van der Waals surface area contributed by atoms with E-state index in [1.54, 1.807) is 23.8 Å². The number of hydrogen-bond acceptors (Lipinski definition) is 3. The van der Waals surface area contributed by atoms with Gasteiger partial charge in [0.05, 0.1) is 16.1 Å². The van der Waals surface area contributed by atoms with Crippen molar-refractivity contribution in [1.29, 1.82) is 0 Å². The van der Waals surface area contributed by atoms with Gasteiger partial charge in [-0.1, -0.05) is 6.07 Å². The van der Waals surface area contributed by atoms with Gasteiger partial charge in [0.15, 0.2) is 0 Å². The zero-order chi connectivity index (χ0) is 11.5. The zero-order valence-corrected chi connectivity index (χ0v) is 10.6. The van der Waals surface area contributed by atoms with Crippen molar-refractivity contribution in [3.63, 3.8) is 0 Å². The third-order valence-corrected chi connectivity index (χ3v) is 3.62. The molecule has 1 unspecified atom stereocenters. The average molecular weight is 302 g/mol. The van der Waals surface area contributed by atoms with Crippen molar-refractivity contribution in [3.05, 3.63) is 50.6 Å². The van der Waals surface area contributed by atoms with Crippen molar-refractivity contribution in [1.82, 2.24) is 4.98 Å². The van der Waals surface area contributed by atoms with Crippen molar-refractivity contribution in [2.24, 2.45) is 0 Å². The highest BCUT2D eigenvalue weighted by atomic mass is 79.9. The molecule has 1 N–H and O–H groups in total. The number of nitrogens with zero attached hydrogens (tertiary/aromatic N) is 1. The van der Waals surface area contributed by atoms with E-state index >= 15 is 0 Å². The van der Waals surface area contributed by atoms with Crippen molar-refractivity contribution < 1.29 is 9.50 Å². The number of aliphatic hydroxyl groups excluding tert-OH is 1. The lowest BCUT2D eigenvalue weighted by Gasteiger charge is -2.10. The van der Waals surface area contributed by atoms with Gasteiger partial charge < -0.3 is 5.11 Å². The van der Waals surface area contributed by atoms with Gasteiger partial charge in [-0.2, -0.15) is 0 Å². The topological polar surface area (TPSA) is 33.1 Å². The minimum atomic E-state index is -0.627. The number of benzene rings is 1. The number of aliphatic hydroxyl groups is 1. The van der Waals surface area contributed by atoms with E-state index < -0.39 is 6.10 Å². The fourth-order valence-electron chi connectivity index (χ4n) is 1.37. The van der Waals surface area contributed by atoms with Gasteiger partial charge in [0.1, 0.15) is 5.82 Å². The van der Waals surface area contributed by atoms with Crippen LogP contribution in [-0.4, -0.2) is 10.1 Å². The monoisotopic (exact) mass is 301 g/mol. The Morgan fingerprint density at radius 1 is 1.50 bits per heavy atom. The maximum absolute atomic E-state index is 13.0. The van der Waals surface area contributed by atoms with E-state index in [4.69, 9.17) is 0 Å². The van der Waals surface area contributed by atoms with Crippen molar-refractivity contribution in [2.45, 2.75) is 12.5 Å². The Morgan fingerprint density at radius 2 is 2.31 bits per heavy atom. The van der Waals surface area contributed by atoms with Gasteiger partial charge in [0, 0.05) is 17.5 Å². The first-order valence-corrected chi connectivity index (χ1v) is 6.34. The molecule has 0 aliphatic heterocycles. The molecule has 0 spiro atoms. The molecule has 1 atom stereocenters. The van der Waals surface area contributed by atoms with E-state index in [0.717, 1.165) is 4.88 Å². The first-order chi connectivity index (χ1) is 7.66. The van der Waals surface area contributed by atoms with Gasteiger partial charge in [0.2, 0.25) is 0 Å². The average Bonchev–Trinajstić information content (AvgIpc) is 2.74. The normalized spacial score (nSPS) is 12.7. The summed E-state index contributed by atoms with van der Waals surface area (Å²) in [4.78, 5) is 4.95. The second-order valence-electron chi connectivity index (χ2n) is 3.36. The molecule has 84 valence electrons. The van der Waals surface area contributed by atoms with Crippen molar-refractivity contribution >= 4 is 27.3 Å². The second-order valence-corrected chi connectivity index (χ2v) is 5.19. The molecule has 1 aromatic heterocycles. The van der Waals surface area contributed by atoms with Crippen LogP contribution in [0, 0.1) is 5.82 Å². The molecule has 1 heterocycles. The van der Waals surface area contributed by atoms with Crippen LogP contribution in [-0.2, 0) is 6.42 Å². The van der Waals surface area contributed by atoms with Crippen LogP contribution in [0.3, 0.4) is 0 Å². The third-order valence-electron chi connectivity index (χ3n) is 2.21. The lowest BCUT2D eigenvalue weighted by Crippen LogP contribution is -2.00. The summed E-state index contributed by atoms with van der Waals surface area (Å²) < 4.78 is 13.4. The SMILES string of the molecule is OC(Cc1cncs1)c1ccc(F)c(Br)c1. The molecule has 0 fully saturated rings. The van der Waals surface area contributed by atoms with Gasteiger partial charge in [-0.3, -0.25) is 4.98 Å². The van der Waals surface area contributed by atoms with Crippen LogP contribution in [0.2, 0.25) is 0 Å². The summed E-state index contributed by atoms with van der Waals surface area (Å²) in [5.74, 6) is -0.325. The van der Waals surface area contributed by atoms with Crippen LogP contribution in [0.4, 0.5) is 4.39 Å². The molecule has 0 saturated carbocycles. The minimum absolute atomic E-state index is 0.325. The van der Waals surface area contributed by atoms with Crippen molar-refractivity contribution in [3.8, 4) is 0 Å². The maximum Gasteiger partial charge on any atom is 0.137 e. The first-order valence-electron chi connectivity index (χ1n) is 4.67. The maximum atomic E-state index is 13.0. The molecular formula is C11H9BrFNOS. The van der Waals surface area contributed by atoms with E-state index in [1.165, 1.54) is 17.4 Å². The summed E-state index contributed by atoms with van der Waals surface area (Å²) >= 11 is 4.59. The summed E-state index contributed by atoms with van der Waals surface area (Å²) in [6.45, 7) is 0. The molecule has 0 amide bonds. The number of aromatic nitrogens is 1. The van der Waals surface area contributed by atoms with Crippen LogP contribution in [0.15, 0.2) is 34.4 Å². The fraction of sp³-hybridized carbons (Fsp3) is 0.182. The van der Waals surface area contributed by atoms with E-state index in [-0.39, 0.29) is 5.82 Å². The quantitative estimate of drug-likeness (QED) is 0.943. The standard InChI is InChI=1S/C11H9BrFNOS/c12-9-3-7(1-2-10(9)13)11(15)4-8-5-14-6-16-8/h1-3,5-6,11,15H,4H2. The highest BCUT2D eigenvalue weighted by Gasteiger charge is 2.11. The molecule has 1 aromatic carbocycles. The van der Waals surface area contributed by atoms with Crippen LogP contribution in [0.1, 0.15) is 16.5 Å². The molecule has 0 bridgehead atoms. The Bertz CT molecular complexity index is 475. The summed E-state index contributed by atoms with van der Waals surface area (Å²) in [6, 6.07) is 4.53. The Kier molecular flexibility index (Phi) is 3.68. The van der Waals surface area contributed by atoms with Gasteiger partial charge in [-0.05, 0) is 33.6 Å². The molecule has 2 aromatic rings. The van der Waals surface area contributed by atoms with E-state index in [0.29, 0.717) is 16.5 Å². The summed E-state index contributed by atoms with van der Waals surface area (Å²) in [5.41, 5.74) is 2.42. The third kappa shape index (κ3) is 2.66. The van der Waals surface area contributed by atoms with Crippen LogP contribution in [0.25, 0.3) is 0 Å². The lowest BCUT2D eigenvalue weighted by molar-refractivity contribution is 0.179. The Hall–Kier alpha value is -0.780. The molecule has 0 aliphatic carbocycles. The summed E-state index contributed by atoms with van der Waals surface area (Å²) in [5, 5.41) is 9.94. The molecule has 0 radical (unpaired) electrons. The van der Waals surface area contributed by atoms with Crippen LogP contribution >= 0.6 is 27.3 Å². The predicted octanol–water partition coefficient (Wildman–Crippen LogP) is 3.32. The molecule has 0 aliphatic rings. The second kappa shape index (κ2) is 5.03. The zero-order valence-electron chi connectivity index (χ0n) is 8.23. The molecule has 16 heavy (non-hydrogen) atoms. The van der Waals surface area contributed by atoms with Gasteiger partial charge in [-0.25, -0.2) is 4.39 Å². The molecule has 0 saturated heterocycles. The number of hydrogen-bond donors (Lipinski definition) is 1. The minimum Gasteiger partial charge on any atom is -0.388 e. The Morgan fingerprint density at radius 3 is 2.94 bits per heavy atom. The Balaban J connectivity index is 2.14. The molecule has 2 nitrogen and oxygen atoms in total. The number of rotatable bonds is 3. The number of thiazole rings is 1. The van der Waals surface area contributed by atoms with Gasteiger partial charge in [-0.15, -0.1) is 11.3 Å². The first kappa shape index (κ1) is 11.7. The van der Waals surface area contributed by atoms with E-state index in [9.17, 15) is 9.50 Å². The van der Waals surface area contributed by atoms with Gasteiger partial charge >= 0.3 is 0 Å². The smallest absolute Gasteiger partial charge is 0.137 e. The molecular weight excluding hydrogens is 293 g/mol. The largest absolute Gasteiger partial charge is 0.388 e. The fourth-order valence-corrected chi connectivity index (χ4v) is 2.40. The highest BCUT2D eigenvalue weighted by Crippen LogP contribution is 2.24. The van der Waals surface area contributed by atoms with E-state index in [2.05, 4.69) is 20.9 Å².